The maximum Gasteiger partial charge on any atom is 0.160 e. The molecule has 5 atom stereocenters. The molecule has 3 nitrogen and oxygen atoms in total. The Labute approximate surface area is 299 Å². The summed E-state index contributed by atoms with van der Waals surface area (Å²) in [6, 6.07) is 33.0. The summed E-state index contributed by atoms with van der Waals surface area (Å²) >= 11 is 0. The lowest BCUT2D eigenvalue weighted by Gasteiger charge is -2.51. The summed E-state index contributed by atoms with van der Waals surface area (Å²) in [6.45, 7) is 2.45. The molecule has 0 amide bonds. The van der Waals surface area contributed by atoms with Gasteiger partial charge < -0.3 is 0 Å². The number of allylic oxidation sites excluding steroid dienone is 9. The number of hydrogen-bond acceptors (Lipinski definition) is 3. The van der Waals surface area contributed by atoms with E-state index < -0.39 is 0 Å². The molecule has 2 aromatic heterocycles. The molecule has 4 aliphatic rings. The van der Waals surface area contributed by atoms with Crippen LogP contribution in [0.1, 0.15) is 36.6 Å². The molecule has 0 N–H and O–H groups in total. The standard InChI is InChI=1S/C48H39N3/c1-48(30-35-14-4-6-16-37(35)41-20-10-11-21-43(41)48)45-29-44(42-28-34-13-3-5-15-36(34)39-18-8-9-19-40(39)42)50-47(51-45)33-24-22-32(23-25-33)46-38-17-7-2-12-31(38)26-27-49-46/h3-11,13-29,35,37,41,43H,2,12,30H2,1H3. The van der Waals surface area contributed by atoms with Crippen LogP contribution >= 0.6 is 0 Å². The van der Waals surface area contributed by atoms with E-state index in [4.69, 9.17) is 15.0 Å². The van der Waals surface area contributed by atoms with E-state index in [1.54, 1.807) is 0 Å². The van der Waals surface area contributed by atoms with Crippen molar-refractivity contribution in [2.75, 3.05) is 0 Å². The fourth-order valence-corrected chi connectivity index (χ4v) is 9.46. The van der Waals surface area contributed by atoms with Gasteiger partial charge in [-0.2, -0.15) is 0 Å². The van der Waals surface area contributed by atoms with Gasteiger partial charge in [-0.3, -0.25) is 4.98 Å². The lowest BCUT2D eigenvalue weighted by molar-refractivity contribution is 0.115. The van der Waals surface area contributed by atoms with Crippen LogP contribution in [0.25, 0.3) is 61.5 Å². The fourth-order valence-electron chi connectivity index (χ4n) is 9.46. The summed E-state index contributed by atoms with van der Waals surface area (Å²) in [4.78, 5) is 15.8. The van der Waals surface area contributed by atoms with Gasteiger partial charge >= 0.3 is 0 Å². The average molecular weight is 658 g/mol. The highest BCUT2D eigenvalue weighted by Gasteiger charge is 2.50. The molecule has 3 heteroatoms. The van der Waals surface area contributed by atoms with Crippen LogP contribution in [0.2, 0.25) is 0 Å². The third-order valence-electron chi connectivity index (χ3n) is 12.0. The summed E-state index contributed by atoms with van der Waals surface area (Å²) in [5.41, 5.74) is 8.81. The van der Waals surface area contributed by atoms with Crippen molar-refractivity contribution < 1.29 is 0 Å². The molecule has 0 saturated heterocycles. The molecule has 4 aliphatic carbocycles. The maximum atomic E-state index is 5.53. The summed E-state index contributed by atoms with van der Waals surface area (Å²) in [5.74, 6) is 2.47. The molecule has 2 heterocycles. The first kappa shape index (κ1) is 30.2. The zero-order valence-corrected chi connectivity index (χ0v) is 28.8. The van der Waals surface area contributed by atoms with Gasteiger partial charge in [-0.1, -0.05) is 140 Å². The molecule has 0 aliphatic heterocycles. The van der Waals surface area contributed by atoms with Crippen LogP contribution in [0.4, 0.5) is 0 Å². The molecule has 0 spiro atoms. The SMILES string of the molecule is CC1(c2cc(-c3cc4ccccc4c4ccccc34)nc(-c3ccc(-c4nccc5c4C=CCC5)cc3)n2)CC2C=CC=CC2C2C=CC=CC21. The molecule has 10 rings (SSSR count). The molecule has 246 valence electrons. The Morgan fingerprint density at radius 3 is 2.31 bits per heavy atom. The first-order chi connectivity index (χ1) is 25.1. The van der Waals surface area contributed by atoms with Crippen LogP contribution in [-0.2, 0) is 11.8 Å². The average Bonchev–Trinajstić information content (AvgIpc) is 3.20. The van der Waals surface area contributed by atoms with Crippen LogP contribution in [0.3, 0.4) is 0 Å². The van der Waals surface area contributed by atoms with E-state index in [2.05, 4.69) is 159 Å². The quantitative estimate of drug-likeness (QED) is 0.177. The smallest absolute Gasteiger partial charge is 0.160 e. The number of aromatic nitrogens is 3. The zero-order chi connectivity index (χ0) is 33.9. The molecule has 5 unspecified atom stereocenters. The molecular formula is C48H39N3. The monoisotopic (exact) mass is 657 g/mol. The van der Waals surface area contributed by atoms with Crippen molar-refractivity contribution in [3.05, 3.63) is 169 Å². The summed E-state index contributed by atoms with van der Waals surface area (Å²) in [7, 11) is 0. The van der Waals surface area contributed by atoms with Gasteiger partial charge in [0.15, 0.2) is 5.82 Å². The summed E-state index contributed by atoms with van der Waals surface area (Å²) in [6.07, 6.45) is 28.3. The highest BCUT2D eigenvalue weighted by Crippen LogP contribution is 2.54. The van der Waals surface area contributed by atoms with E-state index in [1.165, 1.54) is 32.7 Å². The predicted octanol–water partition coefficient (Wildman–Crippen LogP) is 11.5. The van der Waals surface area contributed by atoms with Crippen LogP contribution in [0, 0.1) is 23.7 Å². The largest absolute Gasteiger partial charge is 0.256 e. The number of hydrogen-bond donors (Lipinski definition) is 0. The number of fused-ring (bicyclic) bond motifs is 7. The predicted molar refractivity (Wildman–Crippen MR) is 211 cm³/mol. The Balaban J connectivity index is 1.16. The minimum Gasteiger partial charge on any atom is -0.256 e. The number of pyridine rings is 1. The Morgan fingerprint density at radius 1 is 0.686 bits per heavy atom. The second-order valence-corrected chi connectivity index (χ2v) is 14.9. The molecule has 0 radical (unpaired) electrons. The molecule has 1 fully saturated rings. The van der Waals surface area contributed by atoms with E-state index in [0.717, 1.165) is 58.9 Å². The van der Waals surface area contributed by atoms with Gasteiger partial charge in [-0.25, -0.2) is 9.97 Å². The van der Waals surface area contributed by atoms with Crippen molar-refractivity contribution >= 4 is 27.6 Å². The molecule has 0 bridgehead atoms. The summed E-state index contributed by atoms with van der Waals surface area (Å²) < 4.78 is 0. The lowest BCUT2D eigenvalue weighted by atomic mass is 9.52. The van der Waals surface area contributed by atoms with Crippen molar-refractivity contribution in [1.29, 1.82) is 0 Å². The van der Waals surface area contributed by atoms with E-state index in [0.29, 0.717) is 23.7 Å². The van der Waals surface area contributed by atoms with Crippen molar-refractivity contribution in [2.24, 2.45) is 23.7 Å². The van der Waals surface area contributed by atoms with Crippen molar-refractivity contribution in [2.45, 2.75) is 31.6 Å². The Kier molecular flexibility index (Phi) is 7.09. The molecule has 6 aromatic rings. The minimum absolute atomic E-state index is 0.193. The van der Waals surface area contributed by atoms with Gasteiger partial charge in [-0.05, 0) is 88.2 Å². The van der Waals surface area contributed by atoms with Crippen LogP contribution in [-0.4, -0.2) is 15.0 Å². The van der Waals surface area contributed by atoms with Gasteiger partial charge in [0.1, 0.15) is 0 Å². The number of nitrogens with zero attached hydrogens (tertiary/aromatic N) is 3. The third-order valence-corrected chi connectivity index (χ3v) is 12.0. The molecule has 4 aromatic carbocycles. The zero-order valence-electron chi connectivity index (χ0n) is 28.8. The van der Waals surface area contributed by atoms with Crippen molar-refractivity contribution in [3.63, 3.8) is 0 Å². The Hall–Kier alpha value is -5.67. The van der Waals surface area contributed by atoms with Crippen LogP contribution in [0.5, 0.6) is 0 Å². The Morgan fingerprint density at radius 2 is 1.43 bits per heavy atom. The molecule has 1 saturated carbocycles. The van der Waals surface area contributed by atoms with Crippen LogP contribution < -0.4 is 0 Å². The highest BCUT2D eigenvalue weighted by atomic mass is 14.9. The normalized spacial score (nSPS) is 24.4. The van der Waals surface area contributed by atoms with E-state index >= 15 is 0 Å². The first-order valence-electron chi connectivity index (χ1n) is 18.4. The van der Waals surface area contributed by atoms with Crippen LogP contribution in [0.15, 0.2) is 152 Å². The second kappa shape index (κ2) is 12.0. The van der Waals surface area contributed by atoms with Gasteiger partial charge in [0, 0.05) is 33.9 Å². The molecular weight excluding hydrogens is 619 g/mol. The van der Waals surface area contributed by atoms with Gasteiger partial charge in [0.2, 0.25) is 0 Å². The number of benzene rings is 4. The highest BCUT2D eigenvalue weighted by molar-refractivity contribution is 6.13. The van der Waals surface area contributed by atoms with Crippen molar-refractivity contribution in [1.82, 2.24) is 15.0 Å². The van der Waals surface area contributed by atoms with E-state index in [1.807, 2.05) is 6.20 Å². The topological polar surface area (TPSA) is 38.7 Å². The van der Waals surface area contributed by atoms with Gasteiger partial charge in [0.05, 0.1) is 17.1 Å². The summed E-state index contributed by atoms with van der Waals surface area (Å²) in [5, 5.41) is 4.94. The first-order valence-corrected chi connectivity index (χ1v) is 18.4. The Bertz CT molecular complexity index is 2500. The minimum atomic E-state index is -0.193. The van der Waals surface area contributed by atoms with E-state index in [-0.39, 0.29) is 5.41 Å². The maximum absolute atomic E-state index is 5.53. The van der Waals surface area contributed by atoms with Gasteiger partial charge in [-0.15, -0.1) is 0 Å². The third kappa shape index (κ3) is 4.98. The van der Waals surface area contributed by atoms with Gasteiger partial charge in [0.25, 0.3) is 0 Å². The van der Waals surface area contributed by atoms with E-state index in [9.17, 15) is 0 Å². The molecule has 51 heavy (non-hydrogen) atoms. The van der Waals surface area contributed by atoms with Crippen molar-refractivity contribution in [3.8, 4) is 33.9 Å². The lowest BCUT2D eigenvalue weighted by Crippen LogP contribution is -2.47. The number of aryl methyl sites for hydroxylation is 1. The fraction of sp³-hybridized carbons (Fsp3) is 0.188. The second-order valence-electron chi connectivity index (χ2n) is 14.9. The number of rotatable bonds is 4.